The highest BCUT2D eigenvalue weighted by molar-refractivity contribution is 5.78. The number of fused-ring (bicyclic) bond motifs is 1. The van der Waals surface area contributed by atoms with E-state index in [0.29, 0.717) is 17.4 Å². The van der Waals surface area contributed by atoms with E-state index in [1.807, 2.05) is 4.57 Å². The molecule has 0 bridgehead atoms. The minimum Gasteiger partial charge on any atom is -0.369 e. The van der Waals surface area contributed by atoms with Crippen LogP contribution in [0.25, 0.3) is 11.0 Å². The lowest BCUT2D eigenvalue weighted by Crippen LogP contribution is -2.21. The number of rotatable bonds is 3. The highest BCUT2D eigenvalue weighted by Crippen LogP contribution is 2.24. The smallest absolute Gasteiger partial charge is 0.201 e. The Kier molecular flexibility index (Phi) is 3.14. The highest BCUT2D eigenvalue weighted by Gasteiger charge is 2.23. The Labute approximate surface area is 112 Å². The molecule has 1 atom stereocenters. The van der Waals surface area contributed by atoms with Crippen molar-refractivity contribution in [1.82, 2.24) is 14.5 Å². The minimum atomic E-state index is -0.268. The van der Waals surface area contributed by atoms with Crippen molar-refractivity contribution < 1.29 is 4.39 Å². The van der Waals surface area contributed by atoms with Crippen LogP contribution < -0.4 is 5.73 Å². The highest BCUT2D eigenvalue weighted by atomic mass is 19.1. The zero-order valence-corrected chi connectivity index (χ0v) is 11.1. The molecule has 0 saturated carbocycles. The molecule has 1 fully saturated rings. The first-order valence-electron chi connectivity index (χ1n) is 6.81. The summed E-state index contributed by atoms with van der Waals surface area (Å²) in [4.78, 5) is 6.69. The number of anilines is 1. The molecule has 0 radical (unpaired) electrons. The summed E-state index contributed by atoms with van der Waals surface area (Å²) in [6.45, 7) is 6.41. The van der Waals surface area contributed by atoms with Crippen molar-refractivity contribution in [2.45, 2.75) is 19.9 Å². The number of aromatic nitrogens is 2. The lowest BCUT2D eigenvalue weighted by atomic mass is 10.1. The lowest BCUT2D eigenvalue weighted by molar-refractivity contribution is 0.334. The van der Waals surface area contributed by atoms with Gasteiger partial charge in [0.05, 0.1) is 11.0 Å². The van der Waals surface area contributed by atoms with Crippen LogP contribution in [0, 0.1) is 11.7 Å². The van der Waals surface area contributed by atoms with Crippen LogP contribution in [0.4, 0.5) is 10.3 Å². The summed E-state index contributed by atoms with van der Waals surface area (Å²) in [7, 11) is 0. The summed E-state index contributed by atoms with van der Waals surface area (Å²) < 4.78 is 15.2. The number of imidazole rings is 1. The van der Waals surface area contributed by atoms with Crippen molar-refractivity contribution in [3.63, 3.8) is 0 Å². The maximum absolute atomic E-state index is 13.2. The molecule has 0 spiro atoms. The summed E-state index contributed by atoms with van der Waals surface area (Å²) in [6, 6.07) is 4.67. The van der Waals surface area contributed by atoms with E-state index >= 15 is 0 Å². The zero-order chi connectivity index (χ0) is 13.4. The van der Waals surface area contributed by atoms with Crippen LogP contribution in [0.3, 0.4) is 0 Å². The Hall–Kier alpha value is -1.62. The summed E-state index contributed by atoms with van der Waals surface area (Å²) in [5, 5.41) is 0. The fourth-order valence-corrected chi connectivity index (χ4v) is 2.92. The van der Waals surface area contributed by atoms with Gasteiger partial charge < -0.3 is 15.2 Å². The van der Waals surface area contributed by atoms with Gasteiger partial charge in [-0.1, -0.05) is 6.92 Å². The van der Waals surface area contributed by atoms with Crippen LogP contribution in [0.1, 0.15) is 13.3 Å². The Bertz CT molecular complexity index is 592. The number of likely N-dealkylation sites (tertiary alicyclic amines) is 1. The van der Waals surface area contributed by atoms with Crippen LogP contribution in [-0.2, 0) is 6.54 Å². The average molecular weight is 262 g/mol. The maximum atomic E-state index is 13.2. The van der Waals surface area contributed by atoms with Crippen LogP contribution in [0.15, 0.2) is 18.2 Å². The SMILES string of the molecule is CCN1CCC(Cn2c(N)nc3cc(F)ccc32)C1. The Morgan fingerprint density at radius 1 is 1.47 bits per heavy atom. The molecule has 2 aromatic rings. The molecule has 19 heavy (non-hydrogen) atoms. The predicted octanol–water partition coefficient (Wildman–Crippen LogP) is 2.10. The van der Waals surface area contributed by atoms with E-state index in [9.17, 15) is 4.39 Å². The first-order chi connectivity index (χ1) is 9.17. The summed E-state index contributed by atoms with van der Waals surface area (Å²) in [5.41, 5.74) is 7.53. The van der Waals surface area contributed by atoms with Crippen molar-refractivity contribution in [3.05, 3.63) is 24.0 Å². The third kappa shape index (κ3) is 2.30. The Balaban J connectivity index is 1.86. The van der Waals surface area contributed by atoms with Gasteiger partial charge >= 0.3 is 0 Å². The van der Waals surface area contributed by atoms with Crippen molar-refractivity contribution in [2.24, 2.45) is 5.92 Å². The summed E-state index contributed by atoms with van der Waals surface area (Å²) >= 11 is 0. The molecule has 1 aliphatic heterocycles. The van der Waals surface area contributed by atoms with E-state index in [1.165, 1.54) is 18.6 Å². The molecule has 1 aromatic carbocycles. The summed E-state index contributed by atoms with van der Waals surface area (Å²) in [5.74, 6) is 0.815. The quantitative estimate of drug-likeness (QED) is 0.921. The number of benzene rings is 1. The Morgan fingerprint density at radius 2 is 2.32 bits per heavy atom. The van der Waals surface area contributed by atoms with E-state index in [-0.39, 0.29) is 5.82 Å². The third-order valence-corrected chi connectivity index (χ3v) is 4.00. The number of nitrogens with two attached hydrogens (primary N) is 1. The molecule has 4 nitrogen and oxygen atoms in total. The van der Waals surface area contributed by atoms with Crippen LogP contribution in [0.5, 0.6) is 0 Å². The van der Waals surface area contributed by atoms with Crippen LogP contribution >= 0.6 is 0 Å². The second-order valence-corrected chi connectivity index (χ2v) is 5.26. The first kappa shape index (κ1) is 12.4. The number of nitrogen functional groups attached to an aromatic ring is 1. The van der Waals surface area contributed by atoms with Gasteiger partial charge in [0.25, 0.3) is 0 Å². The molecular weight excluding hydrogens is 243 g/mol. The van der Waals surface area contributed by atoms with E-state index in [2.05, 4.69) is 16.8 Å². The Morgan fingerprint density at radius 3 is 3.05 bits per heavy atom. The summed E-state index contributed by atoms with van der Waals surface area (Å²) in [6.07, 6.45) is 1.19. The van der Waals surface area contributed by atoms with E-state index < -0.39 is 0 Å². The van der Waals surface area contributed by atoms with E-state index in [1.54, 1.807) is 6.07 Å². The van der Waals surface area contributed by atoms with E-state index in [0.717, 1.165) is 31.7 Å². The minimum absolute atomic E-state index is 0.268. The molecular formula is C14H19FN4. The fourth-order valence-electron chi connectivity index (χ4n) is 2.92. The van der Waals surface area contributed by atoms with Crippen molar-refractivity contribution in [1.29, 1.82) is 0 Å². The molecule has 102 valence electrons. The molecule has 1 saturated heterocycles. The number of hydrogen-bond acceptors (Lipinski definition) is 3. The molecule has 3 rings (SSSR count). The number of hydrogen-bond donors (Lipinski definition) is 1. The molecule has 0 amide bonds. The topological polar surface area (TPSA) is 47.1 Å². The van der Waals surface area contributed by atoms with Gasteiger partial charge in [0.15, 0.2) is 0 Å². The third-order valence-electron chi connectivity index (χ3n) is 4.00. The molecule has 1 aromatic heterocycles. The van der Waals surface area contributed by atoms with Gasteiger partial charge in [-0.25, -0.2) is 9.37 Å². The van der Waals surface area contributed by atoms with Crippen molar-refractivity contribution in [3.8, 4) is 0 Å². The molecule has 1 aliphatic rings. The standard InChI is InChI=1S/C14H19FN4/c1-2-18-6-5-10(8-18)9-19-13-4-3-11(15)7-12(13)17-14(19)16/h3-4,7,10H,2,5-6,8-9H2,1H3,(H2,16,17). The molecule has 2 heterocycles. The largest absolute Gasteiger partial charge is 0.369 e. The van der Waals surface area contributed by atoms with Gasteiger partial charge in [-0.3, -0.25) is 0 Å². The van der Waals surface area contributed by atoms with Crippen LogP contribution in [-0.4, -0.2) is 34.1 Å². The van der Waals surface area contributed by atoms with Crippen LogP contribution in [0.2, 0.25) is 0 Å². The number of nitrogens with zero attached hydrogens (tertiary/aromatic N) is 3. The normalized spacial score (nSPS) is 20.4. The molecule has 0 aliphatic carbocycles. The second-order valence-electron chi connectivity index (χ2n) is 5.26. The van der Waals surface area contributed by atoms with Crippen molar-refractivity contribution >= 4 is 17.0 Å². The molecule has 2 N–H and O–H groups in total. The predicted molar refractivity (Wildman–Crippen MR) is 74.3 cm³/mol. The maximum Gasteiger partial charge on any atom is 0.201 e. The van der Waals surface area contributed by atoms with Crippen molar-refractivity contribution in [2.75, 3.05) is 25.4 Å². The first-order valence-corrected chi connectivity index (χ1v) is 6.81. The molecule has 5 heteroatoms. The van der Waals surface area contributed by atoms with E-state index in [4.69, 9.17) is 5.73 Å². The molecule has 1 unspecified atom stereocenters. The fraction of sp³-hybridized carbons (Fsp3) is 0.500. The zero-order valence-electron chi connectivity index (χ0n) is 11.1. The van der Waals surface area contributed by atoms with Gasteiger partial charge in [-0.15, -0.1) is 0 Å². The lowest BCUT2D eigenvalue weighted by Gasteiger charge is -2.14. The van der Waals surface area contributed by atoms with Gasteiger partial charge in [0, 0.05) is 19.2 Å². The second kappa shape index (κ2) is 4.81. The number of halogens is 1. The van der Waals surface area contributed by atoms with Gasteiger partial charge in [-0.05, 0) is 37.6 Å². The van der Waals surface area contributed by atoms with Gasteiger partial charge in [-0.2, -0.15) is 0 Å². The van der Waals surface area contributed by atoms with Gasteiger partial charge in [0.2, 0.25) is 5.95 Å². The van der Waals surface area contributed by atoms with Gasteiger partial charge in [0.1, 0.15) is 5.82 Å². The average Bonchev–Trinajstić information content (AvgIpc) is 2.95. The monoisotopic (exact) mass is 262 g/mol.